The van der Waals surface area contributed by atoms with Gasteiger partial charge < -0.3 is 9.30 Å². The number of nitrogens with zero attached hydrogens (tertiary/aromatic N) is 7. The van der Waals surface area contributed by atoms with E-state index >= 15 is 0 Å². The standard InChI is InChI=1S/C24H27N7O/c1-14-26-21(12-23(27-14)31-16(3)25-15(2)29-31)18-11-19(18)24-28-20-8-4-5-9-22(20)30(24)13-17-7-6-10-32-17/h4-5,8-9,12,17-19H,6-7,10-11,13H2,1-3H3/t17?,18-,19-/m1/s1. The highest BCUT2D eigenvalue weighted by Crippen LogP contribution is 2.54. The second-order valence-corrected chi connectivity index (χ2v) is 8.97. The lowest BCUT2D eigenvalue weighted by Gasteiger charge is -2.14. The summed E-state index contributed by atoms with van der Waals surface area (Å²) in [4.78, 5) is 18.9. The van der Waals surface area contributed by atoms with Crippen LogP contribution < -0.4 is 0 Å². The highest BCUT2D eigenvalue weighted by Gasteiger charge is 2.44. The molecule has 2 fully saturated rings. The molecule has 1 saturated carbocycles. The molecule has 0 radical (unpaired) electrons. The van der Waals surface area contributed by atoms with E-state index in [9.17, 15) is 0 Å². The zero-order chi connectivity index (χ0) is 21.8. The zero-order valence-corrected chi connectivity index (χ0v) is 18.7. The third-order valence-corrected chi connectivity index (χ3v) is 6.53. The number of para-hydroxylation sites is 2. The molecule has 0 N–H and O–H groups in total. The van der Waals surface area contributed by atoms with E-state index < -0.39 is 0 Å². The van der Waals surface area contributed by atoms with Gasteiger partial charge in [0.15, 0.2) is 5.82 Å². The third kappa shape index (κ3) is 3.39. The average Bonchev–Trinajstić information content (AvgIpc) is 3.06. The van der Waals surface area contributed by atoms with E-state index in [2.05, 4.69) is 50.0 Å². The normalized spacial score (nSPS) is 22.7. The first-order chi connectivity index (χ1) is 15.6. The maximum atomic E-state index is 5.95. The molecule has 164 valence electrons. The van der Waals surface area contributed by atoms with Gasteiger partial charge in [-0.3, -0.25) is 0 Å². The van der Waals surface area contributed by atoms with Crippen LogP contribution in [-0.2, 0) is 11.3 Å². The molecule has 0 spiro atoms. The number of imidazole rings is 1. The summed E-state index contributed by atoms with van der Waals surface area (Å²) in [7, 11) is 0. The molecule has 1 aromatic carbocycles. The van der Waals surface area contributed by atoms with Crippen molar-refractivity contribution < 1.29 is 4.74 Å². The molecule has 1 aliphatic carbocycles. The molecular formula is C24H27N7O. The molecule has 4 heterocycles. The number of rotatable bonds is 5. The largest absolute Gasteiger partial charge is 0.376 e. The van der Waals surface area contributed by atoms with Crippen molar-refractivity contribution in [1.82, 2.24) is 34.3 Å². The van der Waals surface area contributed by atoms with Crippen LogP contribution in [0, 0.1) is 20.8 Å². The first kappa shape index (κ1) is 19.5. The number of fused-ring (bicyclic) bond motifs is 1. The van der Waals surface area contributed by atoms with Crippen molar-refractivity contribution in [2.24, 2.45) is 0 Å². The first-order valence-corrected chi connectivity index (χ1v) is 11.4. The molecule has 8 heteroatoms. The minimum absolute atomic E-state index is 0.273. The van der Waals surface area contributed by atoms with Gasteiger partial charge in [0.05, 0.1) is 29.4 Å². The summed E-state index contributed by atoms with van der Waals surface area (Å²) in [5.41, 5.74) is 3.30. The molecule has 8 nitrogen and oxygen atoms in total. The van der Waals surface area contributed by atoms with E-state index in [1.54, 1.807) is 4.68 Å². The van der Waals surface area contributed by atoms with Crippen LogP contribution in [0.4, 0.5) is 0 Å². The van der Waals surface area contributed by atoms with E-state index in [-0.39, 0.29) is 6.10 Å². The predicted octanol–water partition coefficient (Wildman–Crippen LogP) is 3.78. The first-order valence-electron chi connectivity index (χ1n) is 11.4. The van der Waals surface area contributed by atoms with E-state index in [0.29, 0.717) is 11.8 Å². The topological polar surface area (TPSA) is 83.5 Å². The summed E-state index contributed by atoms with van der Waals surface area (Å²) in [5.74, 6) is 4.94. The number of aryl methyl sites for hydroxylation is 3. The smallest absolute Gasteiger partial charge is 0.159 e. The Hall–Kier alpha value is -3.13. The van der Waals surface area contributed by atoms with Gasteiger partial charge >= 0.3 is 0 Å². The second kappa shape index (κ2) is 7.48. The van der Waals surface area contributed by atoms with Crippen LogP contribution in [0.1, 0.15) is 60.1 Å². The summed E-state index contributed by atoms with van der Waals surface area (Å²) in [6.45, 7) is 7.52. The molecule has 3 atom stereocenters. The zero-order valence-electron chi connectivity index (χ0n) is 18.7. The Morgan fingerprint density at radius 3 is 2.66 bits per heavy atom. The molecule has 4 aromatic rings. The molecule has 0 amide bonds. The quantitative estimate of drug-likeness (QED) is 0.480. The number of ether oxygens (including phenoxy) is 1. The van der Waals surface area contributed by atoms with E-state index in [4.69, 9.17) is 14.7 Å². The van der Waals surface area contributed by atoms with Crippen LogP contribution in [0.15, 0.2) is 30.3 Å². The van der Waals surface area contributed by atoms with Crippen LogP contribution in [-0.4, -0.2) is 47.0 Å². The molecule has 3 aromatic heterocycles. The molecule has 1 aliphatic heterocycles. The van der Waals surface area contributed by atoms with Gasteiger partial charge in [0.1, 0.15) is 23.3 Å². The fourth-order valence-electron chi connectivity index (χ4n) is 4.98. The van der Waals surface area contributed by atoms with Gasteiger partial charge in [-0.2, -0.15) is 4.68 Å². The maximum Gasteiger partial charge on any atom is 0.159 e. The van der Waals surface area contributed by atoms with Crippen LogP contribution in [0.2, 0.25) is 0 Å². The number of benzene rings is 1. The SMILES string of the molecule is Cc1nc([C@@H]2C[C@H]2c2nc3ccccc3n2CC2CCCO2)cc(-n2nc(C)nc2C)n1. The van der Waals surface area contributed by atoms with Crippen molar-refractivity contribution in [1.29, 1.82) is 0 Å². The lowest BCUT2D eigenvalue weighted by molar-refractivity contribution is 0.0972. The Bertz CT molecular complexity index is 1300. The minimum Gasteiger partial charge on any atom is -0.376 e. The highest BCUT2D eigenvalue weighted by molar-refractivity contribution is 5.76. The number of hydrogen-bond donors (Lipinski definition) is 0. The molecule has 2 aliphatic rings. The van der Waals surface area contributed by atoms with Crippen molar-refractivity contribution in [3.63, 3.8) is 0 Å². The van der Waals surface area contributed by atoms with Crippen molar-refractivity contribution >= 4 is 11.0 Å². The van der Waals surface area contributed by atoms with Crippen molar-refractivity contribution in [3.8, 4) is 5.82 Å². The van der Waals surface area contributed by atoms with Gasteiger partial charge in [-0.25, -0.2) is 19.9 Å². The van der Waals surface area contributed by atoms with Gasteiger partial charge in [-0.05, 0) is 52.2 Å². The van der Waals surface area contributed by atoms with Crippen LogP contribution in [0.5, 0.6) is 0 Å². The van der Waals surface area contributed by atoms with Gasteiger partial charge in [0.25, 0.3) is 0 Å². The van der Waals surface area contributed by atoms with Gasteiger partial charge in [-0.15, -0.1) is 5.10 Å². The molecule has 0 bridgehead atoms. The van der Waals surface area contributed by atoms with Gasteiger partial charge in [0, 0.05) is 24.5 Å². The number of aromatic nitrogens is 7. The van der Waals surface area contributed by atoms with Crippen molar-refractivity contribution in [2.75, 3.05) is 6.61 Å². The van der Waals surface area contributed by atoms with Gasteiger partial charge in [0.2, 0.25) is 0 Å². The van der Waals surface area contributed by atoms with Crippen molar-refractivity contribution in [2.45, 2.75) is 64.5 Å². The van der Waals surface area contributed by atoms with Crippen LogP contribution >= 0.6 is 0 Å². The second-order valence-electron chi connectivity index (χ2n) is 8.97. The minimum atomic E-state index is 0.273. The monoisotopic (exact) mass is 429 g/mol. The lowest BCUT2D eigenvalue weighted by Crippen LogP contribution is -2.17. The Labute approximate surface area is 186 Å². The van der Waals surface area contributed by atoms with Crippen molar-refractivity contribution in [3.05, 3.63) is 59.3 Å². The van der Waals surface area contributed by atoms with E-state index in [0.717, 1.165) is 72.7 Å². The Kier molecular flexibility index (Phi) is 4.57. The Morgan fingerprint density at radius 1 is 1.00 bits per heavy atom. The van der Waals surface area contributed by atoms with Crippen LogP contribution in [0.25, 0.3) is 16.9 Å². The fraction of sp³-hybridized carbons (Fsp3) is 0.458. The van der Waals surface area contributed by atoms with E-state index in [1.165, 1.54) is 5.52 Å². The fourth-order valence-corrected chi connectivity index (χ4v) is 4.98. The summed E-state index contributed by atoms with van der Waals surface area (Å²) in [6, 6.07) is 10.5. The summed E-state index contributed by atoms with van der Waals surface area (Å²) < 4.78 is 10.1. The molecule has 1 saturated heterocycles. The molecular weight excluding hydrogens is 402 g/mol. The maximum absolute atomic E-state index is 5.95. The Balaban J connectivity index is 1.35. The molecule has 1 unspecified atom stereocenters. The number of hydrogen-bond acceptors (Lipinski definition) is 6. The van der Waals surface area contributed by atoms with Gasteiger partial charge in [-0.1, -0.05) is 12.1 Å². The summed E-state index contributed by atoms with van der Waals surface area (Å²) >= 11 is 0. The Morgan fingerprint density at radius 2 is 1.88 bits per heavy atom. The lowest BCUT2D eigenvalue weighted by atomic mass is 10.2. The highest BCUT2D eigenvalue weighted by atomic mass is 16.5. The van der Waals surface area contributed by atoms with Crippen LogP contribution in [0.3, 0.4) is 0 Å². The molecule has 6 rings (SSSR count). The summed E-state index contributed by atoms with van der Waals surface area (Å²) in [5, 5.41) is 4.50. The third-order valence-electron chi connectivity index (χ3n) is 6.53. The average molecular weight is 430 g/mol. The predicted molar refractivity (Wildman–Crippen MR) is 120 cm³/mol. The van der Waals surface area contributed by atoms with E-state index in [1.807, 2.05) is 20.8 Å². The summed E-state index contributed by atoms with van der Waals surface area (Å²) in [6.07, 6.45) is 3.57. The molecule has 32 heavy (non-hydrogen) atoms.